The van der Waals surface area contributed by atoms with Crippen LogP contribution in [0.2, 0.25) is 0 Å². The maximum absolute atomic E-state index is 15.9. The Morgan fingerprint density at radius 2 is 1.86 bits per heavy atom. The van der Waals surface area contributed by atoms with Gasteiger partial charge in [0.2, 0.25) is 0 Å². The average Bonchev–Trinajstić information content (AvgIpc) is 3.07. The zero-order chi connectivity index (χ0) is 26.1. The molecule has 4 rings (SSSR count). The van der Waals surface area contributed by atoms with Gasteiger partial charge in [0, 0.05) is 11.5 Å². The van der Waals surface area contributed by atoms with Gasteiger partial charge in [-0.3, -0.25) is 4.79 Å². The fourth-order valence-corrected chi connectivity index (χ4v) is 4.82. The van der Waals surface area contributed by atoms with Crippen molar-refractivity contribution in [1.82, 2.24) is 4.72 Å². The monoisotopic (exact) mass is 512 g/mol. The van der Waals surface area contributed by atoms with Gasteiger partial charge < -0.3 is 9.47 Å². The molecule has 1 aliphatic rings. The second kappa shape index (κ2) is 9.62. The Hall–Kier alpha value is -3.92. The topological polar surface area (TPSA) is 102 Å². The number of carbonyl (C=O) groups is 2. The molecule has 0 spiro atoms. The normalized spacial score (nSPS) is 15.3. The number of ether oxygens (including phenoxy) is 2. The van der Waals surface area contributed by atoms with E-state index in [1.807, 2.05) is 35.1 Å². The number of anilines is 1. The van der Waals surface area contributed by atoms with Gasteiger partial charge in [-0.1, -0.05) is 42.5 Å². The van der Waals surface area contributed by atoms with Gasteiger partial charge in [-0.25, -0.2) is 18.2 Å². The molecule has 1 fully saturated rings. The molecule has 8 nitrogen and oxygen atoms in total. The predicted octanol–water partition coefficient (Wildman–Crippen LogP) is 4.09. The first-order valence-electron chi connectivity index (χ1n) is 11.1. The molecule has 3 aromatic rings. The number of hydrogen-bond acceptors (Lipinski definition) is 6. The number of rotatable bonds is 6. The minimum Gasteiger partial charge on any atom is -0.487 e. The van der Waals surface area contributed by atoms with E-state index in [4.69, 9.17) is 9.47 Å². The van der Waals surface area contributed by atoms with Gasteiger partial charge in [0.05, 0.1) is 0 Å². The minimum atomic E-state index is -4.30. The molecule has 0 atom stereocenters. The Kier molecular flexibility index (Phi) is 6.73. The fraction of sp³-hybridized carbons (Fsp3) is 0.231. The molecule has 1 heterocycles. The lowest BCUT2D eigenvalue weighted by molar-refractivity contribution is -0.148. The molecule has 1 N–H and O–H groups in total. The molecule has 10 heteroatoms. The van der Waals surface area contributed by atoms with Gasteiger partial charge in [-0.05, 0) is 55.5 Å². The van der Waals surface area contributed by atoms with Gasteiger partial charge in [0.1, 0.15) is 30.2 Å². The van der Waals surface area contributed by atoms with E-state index < -0.39 is 40.0 Å². The van der Waals surface area contributed by atoms with E-state index in [0.717, 1.165) is 5.56 Å². The number of halogens is 1. The Morgan fingerprint density at radius 1 is 1.14 bits per heavy atom. The maximum Gasteiger partial charge on any atom is 0.331 e. The van der Waals surface area contributed by atoms with E-state index in [0.29, 0.717) is 15.3 Å². The molecule has 1 amide bonds. The number of benzene rings is 3. The summed E-state index contributed by atoms with van der Waals surface area (Å²) in [6, 6.07) is 15.4. The molecule has 0 radical (unpaired) electrons. The Morgan fingerprint density at radius 3 is 2.50 bits per heavy atom. The maximum atomic E-state index is 15.9. The van der Waals surface area contributed by atoms with Crippen LogP contribution in [0.4, 0.5) is 10.1 Å². The van der Waals surface area contributed by atoms with Crippen molar-refractivity contribution in [1.29, 1.82) is 0 Å². The molecule has 0 aromatic heterocycles. The SMILES string of the molecule is CC(C)(C)OC(=O)/C=C/c1ccc2cc(OCc3ccccc3)c(N3CC(=O)NS3(=O)=O)c(F)c2c1. The molecular formula is C26H25FN2O6S. The van der Waals surface area contributed by atoms with Crippen LogP contribution in [0.5, 0.6) is 5.75 Å². The molecule has 0 aliphatic carbocycles. The van der Waals surface area contributed by atoms with Crippen molar-refractivity contribution in [3.8, 4) is 5.75 Å². The zero-order valence-corrected chi connectivity index (χ0v) is 20.8. The Bertz CT molecular complexity index is 1460. The third-order valence-electron chi connectivity index (χ3n) is 5.17. The smallest absolute Gasteiger partial charge is 0.331 e. The summed E-state index contributed by atoms with van der Waals surface area (Å²) in [5, 5.41) is 0.544. The standard InChI is InChI=1S/C26H25FN2O6S/c1-26(2,3)35-23(31)12-10-17-9-11-19-14-21(34-16-18-7-5-4-6-8-18)25(24(27)20(19)13-17)29-15-22(30)28-36(29,32)33/h4-14H,15-16H2,1-3H3,(H,28,30)/b12-10+. The molecule has 188 valence electrons. The third-order valence-corrected chi connectivity index (χ3v) is 6.54. The fourth-order valence-electron chi connectivity index (χ4n) is 3.66. The number of fused-ring (bicyclic) bond motifs is 1. The molecule has 0 saturated carbocycles. The van der Waals surface area contributed by atoms with Crippen LogP contribution >= 0.6 is 0 Å². The number of esters is 1. The van der Waals surface area contributed by atoms with Gasteiger partial charge in [0.25, 0.3) is 5.91 Å². The van der Waals surface area contributed by atoms with Crippen molar-refractivity contribution in [2.45, 2.75) is 33.0 Å². The predicted molar refractivity (Wildman–Crippen MR) is 134 cm³/mol. The second-order valence-corrected chi connectivity index (χ2v) is 10.8. The third kappa shape index (κ3) is 5.65. The Balaban J connectivity index is 1.76. The summed E-state index contributed by atoms with van der Waals surface area (Å²) in [7, 11) is -4.30. The molecule has 1 saturated heterocycles. The van der Waals surface area contributed by atoms with Crippen LogP contribution in [0.1, 0.15) is 31.9 Å². The van der Waals surface area contributed by atoms with E-state index in [9.17, 15) is 18.0 Å². The van der Waals surface area contributed by atoms with Crippen LogP contribution in [0.15, 0.2) is 60.7 Å². The van der Waals surface area contributed by atoms with E-state index in [2.05, 4.69) is 0 Å². The highest BCUT2D eigenvalue weighted by atomic mass is 32.2. The summed E-state index contributed by atoms with van der Waals surface area (Å²) in [5.74, 6) is -2.23. The van der Waals surface area contributed by atoms with Crippen molar-refractivity contribution in [2.75, 3.05) is 10.8 Å². The van der Waals surface area contributed by atoms with Crippen LogP contribution in [0, 0.1) is 5.82 Å². The van der Waals surface area contributed by atoms with E-state index in [1.54, 1.807) is 32.9 Å². The number of carbonyl (C=O) groups excluding carboxylic acids is 2. The number of hydrogen-bond donors (Lipinski definition) is 1. The number of nitrogens with zero attached hydrogens (tertiary/aromatic N) is 1. The molecule has 0 bridgehead atoms. The van der Waals surface area contributed by atoms with Crippen LogP contribution in [0.3, 0.4) is 0 Å². The molecule has 0 unspecified atom stereocenters. The van der Waals surface area contributed by atoms with E-state index >= 15 is 4.39 Å². The van der Waals surface area contributed by atoms with Crippen LogP contribution < -0.4 is 13.8 Å². The largest absolute Gasteiger partial charge is 0.487 e. The van der Waals surface area contributed by atoms with E-state index in [1.165, 1.54) is 24.3 Å². The van der Waals surface area contributed by atoms with Crippen molar-refractivity contribution in [2.24, 2.45) is 0 Å². The molecule has 3 aromatic carbocycles. The summed E-state index contributed by atoms with van der Waals surface area (Å²) < 4.78 is 54.7. The summed E-state index contributed by atoms with van der Waals surface area (Å²) in [6.07, 6.45) is 2.71. The highest BCUT2D eigenvalue weighted by Crippen LogP contribution is 2.40. The summed E-state index contributed by atoms with van der Waals surface area (Å²) in [5.41, 5.74) is 0.263. The number of nitrogens with one attached hydrogen (secondary N) is 1. The highest BCUT2D eigenvalue weighted by molar-refractivity contribution is 7.92. The summed E-state index contributed by atoms with van der Waals surface area (Å²) in [6.45, 7) is 4.72. The van der Waals surface area contributed by atoms with Crippen molar-refractivity contribution >= 4 is 44.6 Å². The first-order chi connectivity index (χ1) is 16.9. The number of amides is 1. The zero-order valence-electron chi connectivity index (χ0n) is 19.9. The van der Waals surface area contributed by atoms with Crippen LogP contribution in [-0.2, 0) is 31.1 Å². The molecule has 36 heavy (non-hydrogen) atoms. The van der Waals surface area contributed by atoms with Gasteiger partial charge in [-0.15, -0.1) is 0 Å². The Labute approximate surface area is 208 Å². The highest BCUT2D eigenvalue weighted by Gasteiger charge is 2.38. The van der Waals surface area contributed by atoms with Crippen molar-refractivity contribution in [3.63, 3.8) is 0 Å². The van der Waals surface area contributed by atoms with Gasteiger partial charge in [0.15, 0.2) is 5.82 Å². The lowest BCUT2D eigenvalue weighted by atomic mass is 10.0. The van der Waals surface area contributed by atoms with Gasteiger partial charge >= 0.3 is 16.2 Å². The summed E-state index contributed by atoms with van der Waals surface area (Å²) in [4.78, 5) is 23.9. The minimum absolute atomic E-state index is 0.0269. The molecular weight excluding hydrogens is 487 g/mol. The first kappa shape index (κ1) is 25.2. The van der Waals surface area contributed by atoms with Crippen LogP contribution in [0.25, 0.3) is 16.8 Å². The molecule has 1 aliphatic heterocycles. The van der Waals surface area contributed by atoms with Crippen LogP contribution in [-0.4, -0.2) is 32.4 Å². The lowest BCUT2D eigenvalue weighted by Crippen LogP contribution is -2.30. The van der Waals surface area contributed by atoms with Gasteiger partial charge in [-0.2, -0.15) is 8.42 Å². The second-order valence-electron chi connectivity index (χ2n) is 9.20. The lowest BCUT2D eigenvalue weighted by Gasteiger charge is -2.21. The average molecular weight is 513 g/mol. The summed E-state index contributed by atoms with van der Waals surface area (Å²) >= 11 is 0. The van der Waals surface area contributed by atoms with Crippen molar-refractivity contribution in [3.05, 3.63) is 77.6 Å². The quantitative estimate of drug-likeness (QED) is 0.394. The first-order valence-corrected chi connectivity index (χ1v) is 12.5. The van der Waals surface area contributed by atoms with E-state index in [-0.39, 0.29) is 23.4 Å². The van der Waals surface area contributed by atoms with Crippen molar-refractivity contribution < 1.29 is 31.9 Å².